The maximum absolute atomic E-state index is 13.1. The van der Waals surface area contributed by atoms with Crippen LogP contribution in [0, 0.1) is 5.95 Å². The smallest absolute Gasteiger partial charge is 0.342 e. The molecule has 0 aliphatic heterocycles. The number of carbonyl (C=O) groups is 1. The molecule has 0 spiro atoms. The highest BCUT2D eigenvalue weighted by molar-refractivity contribution is 5.89. The summed E-state index contributed by atoms with van der Waals surface area (Å²) in [6, 6.07) is 1.36. The second kappa shape index (κ2) is 5.21. The second-order valence-corrected chi connectivity index (χ2v) is 2.74. The predicted octanol–water partition coefficient (Wildman–Crippen LogP) is 0.979. The monoisotopic (exact) mass is 210 g/mol. The van der Waals surface area contributed by atoms with Crippen molar-refractivity contribution in [2.75, 3.05) is 13.7 Å². The largest absolute Gasteiger partial charge is 0.465 e. The third-order valence-corrected chi connectivity index (χ3v) is 1.71. The van der Waals surface area contributed by atoms with Crippen LogP contribution in [0.3, 0.4) is 0 Å². The van der Waals surface area contributed by atoms with Crippen molar-refractivity contribution in [1.29, 1.82) is 0 Å². The van der Waals surface area contributed by atoms with Crippen LogP contribution in [0.25, 0.3) is 6.08 Å². The van der Waals surface area contributed by atoms with E-state index in [0.717, 1.165) is 0 Å². The average Bonchev–Trinajstić information content (AvgIpc) is 2.27. The van der Waals surface area contributed by atoms with Crippen LogP contribution in [0.2, 0.25) is 0 Å². The van der Waals surface area contributed by atoms with Crippen molar-refractivity contribution in [1.82, 2.24) is 4.98 Å². The summed E-state index contributed by atoms with van der Waals surface area (Å²) in [5.41, 5.74) is 5.67. The summed E-state index contributed by atoms with van der Waals surface area (Å²) >= 11 is 0. The van der Waals surface area contributed by atoms with Gasteiger partial charge in [-0.1, -0.05) is 12.2 Å². The lowest BCUT2D eigenvalue weighted by molar-refractivity contribution is 0.0594. The van der Waals surface area contributed by atoms with Crippen LogP contribution in [0.15, 0.2) is 18.3 Å². The number of nitrogens with zero attached hydrogens (tertiary/aromatic N) is 1. The van der Waals surface area contributed by atoms with Gasteiger partial charge in [0.1, 0.15) is 5.56 Å². The number of ether oxygens (including phenoxy) is 1. The molecule has 0 unspecified atom stereocenters. The molecule has 0 saturated carbocycles. The lowest BCUT2D eigenvalue weighted by Gasteiger charge is -2.01. The molecule has 1 aromatic heterocycles. The minimum Gasteiger partial charge on any atom is -0.465 e. The SMILES string of the molecule is COC(=O)c1cc(C=CCN)cnc1F. The van der Waals surface area contributed by atoms with Gasteiger partial charge in [0.15, 0.2) is 0 Å². The lowest BCUT2D eigenvalue weighted by atomic mass is 10.2. The van der Waals surface area contributed by atoms with Crippen molar-refractivity contribution in [3.8, 4) is 0 Å². The number of nitrogens with two attached hydrogens (primary N) is 1. The van der Waals surface area contributed by atoms with Gasteiger partial charge in [-0.3, -0.25) is 0 Å². The summed E-state index contributed by atoms with van der Waals surface area (Å²) < 4.78 is 17.5. The van der Waals surface area contributed by atoms with Gasteiger partial charge in [-0.05, 0) is 11.6 Å². The topological polar surface area (TPSA) is 65.2 Å². The zero-order valence-electron chi connectivity index (χ0n) is 8.24. The fourth-order valence-corrected chi connectivity index (χ4v) is 1.01. The second-order valence-electron chi connectivity index (χ2n) is 2.74. The van der Waals surface area contributed by atoms with Crippen LogP contribution in [0.1, 0.15) is 15.9 Å². The van der Waals surface area contributed by atoms with Gasteiger partial charge in [0, 0.05) is 12.7 Å². The van der Waals surface area contributed by atoms with Gasteiger partial charge in [0.2, 0.25) is 5.95 Å². The van der Waals surface area contributed by atoms with Crippen LogP contribution in [-0.4, -0.2) is 24.6 Å². The van der Waals surface area contributed by atoms with Gasteiger partial charge in [-0.2, -0.15) is 4.39 Å². The first-order valence-corrected chi connectivity index (χ1v) is 4.29. The molecule has 15 heavy (non-hydrogen) atoms. The van der Waals surface area contributed by atoms with Crippen LogP contribution in [0.4, 0.5) is 4.39 Å². The summed E-state index contributed by atoms with van der Waals surface area (Å²) in [6.07, 6.45) is 4.64. The molecule has 0 aliphatic carbocycles. The molecule has 0 amide bonds. The summed E-state index contributed by atoms with van der Waals surface area (Å²) in [4.78, 5) is 14.6. The van der Waals surface area contributed by atoms with E-state index in [0.29, 0.717) is 12.1 Å². The van der Waals surface area contributed by atoms with Crippen LogP contribution in [0.5, 0.6) is 0 Å². The molecule has 0 saturated heterocycles. The van der Waals surface area contributed by atoms with Crippen molar-refractivity contribution in [2.24, 2.45) is 5.73 Å². The Hall–Kier alpha value is -1.75. The maximum atomic E-state index is 13.1. The molecular formula is C10H11FN2O2. The molecule has 80 valence electrons. The van der Waals surface area contributed by atoms with Gasteiger partial charge in [0.05, 0.1) is 7.11 Å². The van der Waals surface area contributed by atoms with E-state index in [9.17, 15) is 9.18 Å². The zero-order chi connectivity index (χ0) is 11.3. The highest BCUT2D eigenvalue weighted by Gasteiger charge is 2.13. The van der Waals surface area contributed by atoms with E-state index in [1.165, 1.54) is 19.4 Å². The van der Waals surface area contributed by atoms with E-state index in [4.69, 9.17) is 5.73 Å². The van der Waals surface area contributed by atoms with Crippen molar-refractivity contribution < 1.29 is 13.9 Å². The molecule has 0 aliphatic rings. The first kappa shape index (κ1) is 11.3. The third-order valence-electron chi connectivity index (χ3n) is 1.71. The summed E-state index contributed by atoms with van der Waals surface area (Å²) in [5.74, 6) is -1.59. The maximum Gasteiger partial charge on any atom is 0.342 e. The molecule has 1 rings (SSSR count). The molecule has 0 radical (unpaired) electrons. The number of pyridine rings is 1. The Morgan fingerprint density at radius 1 is 1.73 bits per heavy atom. The minimum absolute atomic E-state index is 0.184. The number of esters is 1. The molecule has 0 bridgehead atoms. The molecule has 4 nitrogen and oxygen atoms in total. The molecule has 1 heterocycles. The van der Waals surface area contributed by atoms with Crippen molar-refractivity contribution in [2.45, 2.75) is 0 Å². The van der Waals surface area contributed by atoms with E-state index in [1.807, 2.05) is 0 Å². The quantitative estimate of drug-likeness (QED) is 0.596. The highest BCUT2D eigenvalue weighted by Crippen LogP contribution is 2.10. The number of halogens is 1. The highest BCUT2D eigenvalue weighted by atomic mass is 19.1. The first-order chi connectivity index (χ1) is 7.19. The van der Waals surface area contributed by atoms with Gasteiger partial charge >= 0.3 is 5.97 Å². The normalized spacial score (nSPS) is 10.6. The Morgan fingerprint density at radius 3 is 3.07 bits per heavy atom. The first-order valence-electron chi connectivity index (χ1n) is 4.29. The number of carbonyl (C=O) groups excluding carboxylic acids is 1. The van der Waals surface area contributed by atoms with E-state index >= 15 is 0 Å². The van der Waals surface area contributed by atoms with Crippen molar-refractivity contribution in [3.63, 3.8) is 0 Å². The third kappa shape index (κ3) is 2.85. The Balaban J connectivity index is 3.05. The number of hydrogen-bond acceptors (Lipinski definition) is 4. The summed E-state index contributed by atoms with van der Waals surface area (Å²) in [5, 5.41) is 0. The van der Waals surface area contributed by atoms with Gasteiger partial charge in [-0.15, -0.1) is 0 Å². The molecule has 0 aromatic carbocycles. The van der Waals surface area contributed by atoms with E-state index < -0.39 is 11.9 Å². The molecule has 0 fully saturated rings. The van der Waals surface area contributed by atoms with Crippen LogP contribution < -0.4 is 5.73 Å². The minimum atomic E-state index is -0.841. The van der Waals surface area contributed by atoms with Gasteiger partial charge in [-0.25, -0.2) is 9.78 Å². The summed E-state index contributed by atoms with van der Waals surface area (Å²) in [6.45, 7) is 0.366. The Labute approximate surface area is 86.6 Å². The van der Waals surface area contributed by atoms with E-state index in [-0.39, 0.29) is 5.56 Å². The number of rotatable bonds is 3. The van der Waals surface area contributed by atoms with Crippen molar-refractivity contribution in [3.05, 3.63) is 35.4 Å². The van der Waals surface area contributed by atoms with Crippen molar-refractivity contribution >= 4 is 12.0 Å². The lowest BCUT2D eigenvalue weighted by Crippen LogP contribution is -2.06. The fourth-order valence-electron chi connectivity index (χ4n) is 1.01. The number of aromatic nitrogens is 1. The standard InChI is InChI=1S/C10H11FN2O2/c1-15-10(14)8-5-7(3-2-4-12)6-13-9(8)11/h2-3,5-6H,4,12H2,1H3. The van der Waals surface area contributed by atoms with Crippen LogP contribution >= 0.6 is 0 Å². The predicted molar refractivity (Wildman–Crippen MR) is 53.6 cm³/mol. The van der Waals surface area contributed by atoms with E-state index in [2.05, 4.69) is 9.72 Å². The molecule has 2 N–H and O–H groups in total. The Morgan fingerprint density at radius 2 is 2.47 bits per heavy atom. The number of methoxy groups -OCH3 is 1. The number of hydrogen-bond donors (Lipinski definition) is 1. The zero-order valence-corrected chi connectivity index (χ0v) is 8.24. The van der Waals surface area contributed by atoms with Crippen LogP contribution in [-0.2, 0) is 4.74 Å². The van der Waals surface area contributed by atoms with E-state index in [1.54, 1.807) is 12.2 Å². The Bertz CT molecular complexity index is 391. The molecule has 1 aromatic rings. The van der Waals surface area contributed by atoms with Gasteiger partial charge in [0.25, 0.3) is 0 Å². The molecular weight excluding hydrogens is 199 g/mol. The fraction of sp³-hybridized carbons (Fsp3) is 0.200. The average molecular weight is 210 g/mol. The Kier molecular flexibility index (Phi) is 3.93. The van der Waals surface area contributed by atoms with Gasteiger partial charge < -0.3 is 10.5 Å². The summed E-state index contributed by atoms with van der Waals surface area (Å²) in [7, 11) is 1.18. The molecule has 5 heteroatoms. The molecule has 0 atom stereocenters.